The van der Waals surface area contributed by atoms with Crippen molar-refractivity contribution in [3.63, 3.8) is 0 Å². The van der Waals surface area contributed by atoms with Crippen LogP contribution in [0.3, 0.4) is 0 Å². The van der Waals surface area contributed by atoms with E-state index < -0.39 is 17.6 Å². The van der Waals surface area contributed by atoms with E-state index in [0.29, 0.717) is 42.5 Å². The quantitative estimate of drug-likeness (QED) is 0.515. The van der Waals surface area contributed by atoms with Gasteiger partial charge in [0.25, 0.3) is 0 Å². The second-order valence-electron chi connectivity index (χ2n) is 10.1. The number of amides is 3. The highest BCUT2D eigenvalue weighted by Crippen LogP contribution is 2.24. The number of rotatable bonds is 3. The molecule has 2 aliphatic heterocycles. The summed E-state index contributed by atoms with van der Waals surface area (Å²) >= 11 is 0. The fourth-order valence-corrected chi connectivity index (χ4v) is 4.59. The van der Waals surface area contributed by atoms with Crippen LogP contribution in [0, 0.1) is 11.8 Å². The van der Waals surface area contributed by atoms with Crippen LogP contribution in [0.15, 0.2) is 23.0 Å². The third kappa shape index (κ3) is 5.46. The van der Waals surface area contributed by atoms with E-state index in [1.165, 1.54) is 9.13 Å². The molecule has 36 heavy (non-hydrogen) atoms. The van der Waals surface area contributed by atoms with E-state index in [2.05, 4.69) is 17.2 Å². The van der Waals surface area contributed by atoms with Gasteiger partial charge >= 0.3 is 11.8 Å². The van der Waals surface area contributed by atoms with E-state index in [9.17, 15) is 19.2 Å². The summed E-state index contributed by atoms with van der Waals surface area (Å²) in [5.41, 5.74) is 1.03. The lowest BCUT2D eigenvalue weighted by molar-refractivity contribution is -0.135. The van der Waals surface area contributed by atoms with Crippen LogP contribution in [0.1, 0.15) is 58.1 Å². The van der Waals surface area contributed by atoms with Gasteiger partial charge in [0.05, 0.1) is 22.7 Å². The number of fused-ring (bicyclic) bond motifs is 1. The van der Waals surface area contributed by atoms with Crippen molar-refractivity contribution in [1.82, 2.24) is 19.4 Å². The number of nitrogens with one attached hydrogen (secondary N) is 1. The number of piperidine rings is 2. The molecule has 0 spiro atoms. The second kappa shape index (κ2) is 10.2. The summed E-state index contributed by atoms with van der Waals surface area (Å²) in [6.07, 6.45) is 1.59. The van der Waals surface area contributed by atoms with Crippen molar-refractivity contribution in [2.45, 2.75) is 64.2 Å². The summed E-state index contributed by atoms with van der Waals surface area (Å²) in [5.74, 6) is 5.33. The molecule has 1 aromatic heterocycles. The summed E-state index contributed by atoms with van der Waals surface area (Å²) < 4.78 is 14.3. The van der Waals surface area contributed by atoms with Crippen LogP contribution < -0.4 is 11.0 Å². The average Bonchev–Trinajstić information content (AvgIpc) is 3.07. The molecule has 0 radical (unpaired) electrons. The number of para-hydroxylation sites is 1. The Morgan fingerprint density at radius 1 is 1.14 bits per heavy atom. The number of carbonyl (C=O) groups is 3. The largest absolute Gasteiger partial charge is 0.444 e. The molecule has 2 fully saturated rings. The summed E-state index contributed by atoms with van der Waals surface area (Å²) in [6.45, 7) is 6.91. The van der Waals surface area contributed by atoms with Crippen molar-refractivity contribution in [2.24, 2.45) is 7.05 Å². The zero-order chi connectivity index (χ0) is 26.0. The Hall–Kier alpha value is -3.58. The van der Waals surface area contributed by atoms with Crippen LogP contribution in [0.2, 0.25) is 0 Å². The number of benzene rings is 1. The number of imidazole rings is 1. The number of carbonyl (C=O) groups excluding carboxylic acids is 3. The molecule has 2 saturated heterocycles. The van der Waals surface area contributed by atoms with E-state index in [-0.39, 0.29) is 43.2 Å². The van der Waals surface area contributed by atoms with Crippen molar-refractivity contribution >= 4 is 28.9 Å². The highest BCUT2D eigenvalue weighted by atomic mass is 16.6. The minimum absolute atomic E-state index is 0.00624. The Morgan fingerprint density at radius 2 is 1.86 bits per heavy atom. The van der Waals surface area contributed by atoms with Gasteiger partial charge < -0.3 is 14.4 Å². The molecule has 3 heterocycles. The molecule has 192 valence electrons. The van der Waals surface area contributed by atoms with Gasteiger partial charge in [-0.2, -0.15) is 0 Å². The van der Waals surface area contributed by atoms with Gasteiger partial charge in [-0.15, -0.1) is 0 Å². The van der Waals surface area contributed by atoms with Gasteiger partial charge in [0.2, 0.25) is 11.8 Å². The number of likely N-dealkylation sites (tertiary alicyclic amines) is 1. The Morgan fingerprint density at radius 3 is 2.53 bits per heavy atom. The zero-order valence-corrected chi connectivity index (χ0v) is 21.1. The van der Waals surface area contributed by atoms with E-state index in [4.69, 9.17) is 9.47 Å². The van der Waals surface area contributed by atoms with Crippen LogP contribution >= 0.6 is 0 Å². The SMILES string of the molecule is Cn1c(=O)n([C@H]2CCC(=O)NC2=O)c2cccc(C#CCOC3CCN(C(=O)OC(C)(C)C)CC3)c21. The number of imide groups is 1. The Labute approximate surface area is 209 Å². The molecular weight excluding hydrogens is 464 g/mol. The van der Waals surface area contributed by atoms with Crippen LogP contribution in [0.5, 0.6) is 0 Å². The number of hydrogen-bond donors (Lipinski definition) is 1. The standard InChI is InChI=1S/C26H32N4O6/c1-26(2,3)36-25(34)29-14-12-18(13-15-29)35-16-6-8-17-7-5-9-19-22(17)28(4)24(33)30(19)20-10-11-21(31)27-23(20)32/h5,7,9,18,20H,10-16H2,1-4H3,(H,27,31,32)/t20-/m0/s1. The lowest BCUT2D eigenvalue weighted by Gasteiger charge is -2.33. The maximum absolute atomic E-state index is 13.0. The first-order valence-corrected chi connectivity index (χ1v) is 12.2. The second-order valence-corrected chi connectivity index (χ2v) is 10.1. The number of nitrogens with zero attached hydrogens (tertiary/aromatic N) is 3. The molecule has 0 saturated carbocycles. The molecule has 0 bridgehead atoms. The highest BCUT2D eigenvalue weighted by Gasteiger charge is 2.31. The van der Waals surface area contributed by atoms with Gasteiger partial charge in [-0.05, 0) is 52.2 Å². The summed E-state index contributed by atoms with van der Waals surface area (Å²) in [7, 11) is 1.65. The first kappa shape index (κ1) is 25.5. The van der Waals surface area contributed by atoms with Crippen molar-refractivity contribution in [2.75, 3.05) is 19.7 Å². The number of ether oxygens (including phenoxy) is 2. The van der Waals surface area contributed by atoms with Crippen LogP contribution in [0.25, 0.3) is 11.0 Å². The molecule has 10 heteroatoms. The molecule has 0 aliphatic carbocycles. The van der Waals surface area contributed by atoms with Gasteiger partial charge in [-0.3, -0.25) is 24.0 Å². The Bertz CT molecular complexity index is 1300. The predicted molar refractivity (Wildman–Crippen MR) is 132 cm³/mol. The van der Waals surface area contributed by atoms with Crippen LogP contribution in [-0.4, -0.2) is 63.3 Å². The molecule has 3 amide bonds. The number of hydrogen-bond acceptors (Lipinski definition) is 6. The minimum Gasteiger partial charge on any atom is -0.444 e. The molecule has 1 N–H and O–H groups in total. The number of aromatic nitrogens is 2. The van der Waals surface area contributed by atoms with Gasteiger partial charge in [-0.1, -0.05) is 17.9 Å². The van der Waals surface area contributed by atoms with Gasteiger partial charge in [0.15, 0.2) is 0 Å². The molecule has 0 unspecified atom stereocenters. The van der Waals surface area contributed by atoms with Crippen LogP contribution in [0.4, 0.5) is 4.79 Å². The first-order valence-electron chi connectivity index (χ1n) is 12.2. The molecular formula is C26H32N4O6. The summed E-state index contributed by atoms with van der Waals surface area (Å²) in [4.78, 5) is 50.9. The predicted octanol–water partition coefficient (Wildman–Crippen LogP) is 2.09. The fourth-order valence-electron chi connectivity index (χ4n) is 4.59. The van der Waals surface area contributed by atoms with Crippen molar-refractivity contribution in [3.8, 4) is 11.8 Å². The maximum Gasteiger partial charge on any atom is 0.410 e. The molecule has 1 atom stereocenters. The third-order valence-electron chi connectivity index (χ3n) is 6.33. The normalized spacial score (nSPS) is 19.1. The van der Waals surface area contributed by atoms with Crippen molar-refractivity contribution in [1.29, 1.82) is 0 Å². The van der Waals surface area contributed by atoms with E-state index in [1.54, 1.807) is 24.1 Å². The smallest absolute Gasteiger partial charge is 0.410 e. The maximum atomic E-state index is 13.0. The molecule has 2 aliphatic rings. The van der Waals surface area contributed by atoms with Crippen molar-refractivity contribution < 1.29 is 23.9 Å². The van der Waals surface area contributed by atoms with Crippen LogP contribution in [-0.2, 0) is 26.1 Å². The van der Waals surface area contributed by atoms with Gasteiger partial charge in [0.1, 0.15) is 18.2 Å². The molecule has 4 rings (SSSR count). The van der Waals surface area contributed by atoms with E-state index in [1.807, 2.05) is 26.8 Å². The first-order chi connectivity index (χ1) is 17.0. The van der Waals surface area contributed by atoms with E-state index >= 15 is 0 Å². The zero-order valence-electron chi connectivity index (χ0n) is 21.1. The highest BCUT2D eigenvalue weighted by molar-refractivity contribution is 6.00. The summed E-state index contributed by atoms with van der Waals surface area (Å²) in [5, 5.41) is 2.32. The molecule has 10 nitrogen and oxygen atoms in total. The third-order valence-corrected chi connectivity index (χ3v) is 6.33. The topological polar surface area (TPSA) is 112 Å². The Balaban J connectivity index is 1.41. The lowest BCUT2D eigenvalue weighted by atomic mass is 10.1. The average molecular weight is 497 g/mol. The minimum atomic E-state index is -0.739. The summed E-state index contributed by atoms with van der Waals surface area (Å²) in [6, 6.07) is 4.65. The Kier molecular flexibility index (Phi) is 7.22. The van der Waals surface area contributed by atoms with E-state index in [0.717, 1.165) is 0 Å². The van der Waals surface area contributed by atoms with Crippen molar-refractivity contribution in [3.05, 3.63) is 34.2 Å². The van der Waals surface area contributed by atoms with Gasteiger partial charge in [0, 0.05) is 26.6 Å². The molecule has 2 aromatic rings. The monoisotopic (exact) mass is 496 g/mol. The number of aryl methyl sites for hydroxylation is 1. The molecule has 1 aromatic carbocycles. The van der Waals surface area contributed by atoms with Gasteiger partial charge in [-0.25, -0.2) is 9.59 Å². The lowest BCUT2D eigenvalue weighted by Crippen LogP contribution is -2.44. The fraction of sp³-hybridized carbons (Fsp3) is 0.538.